The Kier molecular flexibility index (Phi) is 5.97. The topological polar surface area (TPSA) is 93.2 Å². The van der Waals surface area contributed by atoms with Crippen molar-refractivity contribution in [3.05, 3.63) is 41.5 Å². The number of ether oxygens (including phenoxy) is 1. The Bertz CT molecular complexity index is 953. The Hall–Kier alpha value is -3.00. The number of benzene rings is 1. The molecule has 27 heavy (non-hydrogen) atoms. The SMILES string of the molecule is CCCNC(=O)NC(=O)COc1ncnc2scc(-c3ccc(C)cc3)c12. The van der Waals surface area contributed by atoms with Crippen LogP contribution in [0.25, 0.3) is 21.3 Å². The molecule has 140 valence electrons. The molecule has 3 aromatic rings. The van der Waals surface area contributed by atoms with E-state index in [4.69, 9.17) is 4.74 Å². The second kappa shape index (κ2) is 8.59. The molecule has 7 nitrogen and oxygen atoms in total. The van der Waals surface area contributed by atoms with Gasteiger partial charge in [0.05, 0.1) is 5.39 Å². The summed E-state index contributed by atoms with van der Waals surface area (Å²) in [6.45, 7) is 4.15. The van der Waals surface area contributed by atoms with Crippen molar-refractivity contribution < 1.29 is 14.3 Å². The molecule has 3 rings (SSSR count). The average molecular weight is 384 g/mol. The zero-order chi connectivity index (χ0) is 19.2. The summed E-state index contributed by atoms with van der Waals surface area (Å²) in [5, 5.41) is 7.55. The fourth-order valence-corrected chi connectivity index (χ4v) is 3.39. The van der Waals surface area contributed by atoms with E-state index in [0.29, 0.717) is 12.4 Å². The number of imide groups is 1. The maximum atomic E-state index is 11.9. The number of fused-ring (bicyclic) bond motifs is 1. The molecule has 3 amide bonds. The summed E-state index contributed by atoms with van der Waals surface area (Å²) in [5.41, 5.74) is 3.14. The number of rotatable bonds is 6. The van der Waals surface area contributed by atoms with E-state index in [1.807, 2.05) is 43.5 Å². The minimum absolute atomic E-state index is 0.311. The highest BCUT2D eigenvalue weighted by atomic mass is 32.1. The second-order valence-electron chi connectivity index (χ2n) is 5.97. The standard InChI is InChI=1S/C19H20N4O3S/c1-3-8-20-19(25)23-15(24)9-26-17-16-14(10-27-18(16)22-11-21-17)13-6-4-12(2)5-7-13/h4-7,10-11H,3,8-9H2,1-2H3,(H2,20,23,24,25). The van der Waals surface area contributed by atoms with Crippen molar-refractivity contribution in [3.63, 3.8) is 0 Å². The van der Waals surface area contributed by atoms with Gasteiger partial charge in [-0.2, -0.15) is 0 Å². The van der Waals surface area contributed by atoms with Crippen LogP contribution in [-0.2, 0) is 4.79 Å². The molecule has 0 aliphatic rings. The Morgan fingerprint density at radius 1 is 1.19 bits per heavy atom. The lowest BCUT2D eigenvalue weighted by Gasteiger charge is -2.09. The third-order valence-electron chi connectivity index (χ3n) is 3.83. The van der Waals surface area contributed by atoms with Crippen LogP contribution in [0.15, 0.2) is 36.0 Å². The van der Waals surface area contributed by atoms with Crippen LogP contribution < -0.4 is 15.4 Å². The van der Waals surface area contributed by atoms with Crippen LogP contribution >= 0.6 is 11.3 Å². The van der Waals surface area contributed by atoms with E-state index in [-0.39, 0.29) is 6.61 Å². The lowest BCUT2D eigenvalue weighted by molar-refractivity contribution is -0.122. The fraction of sp³-hybridized carbons (Fsp3) is 0.263. The summed E-state index contributed by atoms with van der Waals surface area (Å²) >= 11 is 1.49. The molecule has 0 radical (unpaired) electrons. The molecule has 1 aromatic carbocycles. The van der Waals surface area contributed by atoms with Gasteiger partial charge in [0.15, 0.2) is 6.61 Å². The van der Waals surface area contributed by atoms with Crippen LogP contribution in [-0.4, -0.2) is 35.1 Å². The number of hydrogen-bond donors (Lipinski definition) is 2. The van der Waals surface area contributed by atoms with Gasteiger partial charge in [-0.15, -0.1) is 11.3 Å². The zero-order valence-electron chi connectivity index (χ0n) is 15.1. The average Bonchev–Trinajstić information content (AvgIpc) is 3.10. The van der Waals surface area contributed by atoms with Crippen LogP contribution in [0.4, 0.5) is 4.79 Å². The van der Waals surface area contributed by atoms with Gasteiger partial charge in [0.2, 0.25) is 5.88 Å². The molecule has 0 unspecified atom stereocenters. The van der Waals surface area contributed by atoms with Gasteiger partial charge in [-0.3, -0.25) is 10.1 Å². The maximum Gasteiger partial charge on any atom is 0.321 e. The van der Waals surface area contributed by atoms with Gasteiger partial charge in [-0.05, 0) is 18.9 Å². The van der Waals surface area contributed by atoms with Gasteiger partial charge in [0.25, 0.3) is 5.91 Å². The molecule has 8 heteroatoms. The van der Waals surface area contributed by atoms with Crippen LogP contribution in [0.3, 0.4) is 0 Å². The number of hydrogen-bond acceptors (Lipinski definition) is 6. The Labute approximate surface area is 160 Å². The van der Waals surface area contributed by atoms with E-state index < -0.39 is 11.9 Å². The number of carbonyl (C=O) groups excluding carboxylic acids is 2. The Balaban J connectivity index is 1.77. The predicted octanol–water partition coefficient (Wildman–Crippen LogP) is 3.28. The molecular formula is C19H20N4O3S. The van der Waals surface area contributed by atoms with Crippen molar-refractivity contribution in [3.8, 4) is 17.0 Å². The number of thiophene rings is 1. The smallest absolute Gasteiger partial charge is 0.321 e. The van der Waals surface area contributed by atoms with E-state index in [1.165, 1.54) is 23.2 Å². The number of carbonyl (C=O) groups is 2. The minimum atomic E-state index is -0.539. The fourth-order valence-electron chi connectivity index (χ4n) is 2.48. The van der Waals surface area contributed by atoms with Crippen molar-refractivity contribution in [1.29, 1.82) is 0 Å². The number of nitrogens with zero attached hydrogens (tertiary/aromatic N) is 2. The largest absolute Gasteiger partial charge is 0.467 e. The van der Waals surface area contributed by atoms with E-state index in [2.05, 4.69) is 20.6 Å². The highest BCUT2D eigenvalue weighted by Crippen LogP contribution is 2.37. The molecule has 0 aliphatic heterocycles. The van der Waals surface area contributed by atoms with Crippen molar-refractivity contribution in [2.45, 2.75) is 20.3 Å². The first kappa shape index (κ1) is 18.8. The molecule has 0 atom stereocenters. The molecule has 0 spiro atoms. The van der Waals surface area contributed by atoms with Gasteiger partial charge in [0, 0.05) is 17.5 Å². The third-order valence-corrected chi connectivity index (χ3v) is 4.71. The normalized spacial score (nSPS) is 10.6. The number of aromatic nitrogens is 2. The van der Waals surface area contributed by atoms with Crippen molar-refractivity contribution in [2.75, 3.05) is 13.2 Å². The molecule has 2 aromatic heterocycles. The van der Waals surface area contributed by atoms with Crippen LogP contribution in [0.5, 0.6) is 5.88 Å². The van der Waals surface area contributed by atoms with Crippen molar-refractivity contribution in [2.24, 2.45) is 0 Å². The number of urea groups is 1. The highest BCUT2D eigenvalue weighted by Gasteiger charge is 2.16. The van der Waals surface area contributed by atoms with Crippen LogP contribution in [0.2, 0.25) is 0 Å². The molecule has 0 fully saturated rings. The predicted molar refractivity (Wildman–Crippen MR) is 105 cm³/mol. The number of aryl methyl sites for hydroxylation is 1. The lowest BCUT2D eigenvalue weighted by atomic mass is 10.0. The van der Waals surface area contributed by atoms with Gasteiger partial charge in [0.1, 0.15) is 11.2 Å². The summed E-state index contributed by atoms with van der Waals surface area (Å²) in [6.07, 6.45) is 2.19. The summed E-state index contributed by atoms with van der Waals surface area (Å²) in [6, 6.07) is 7.59. The van der Waals surface area contributed by atoms with Crippen LogP contribution in [0.1, 0.15) is 18.9 Å². The lowest BCUT2D eigenvalue weighted by Crippen LogP contribution is -2.41. The van der Waals surface area contributed by atoms with E-state index in [0.717, 1.165) is 27.8 Å². The summed E-state index contributed by atoms with van der Waals surface area (Å²) in [4.78, 5) is 32.7. The molecular weight excluding hydrogens is 364 g/mol. The Morgan fingerprint density at radius 3 is 2.70 bits per heavy atom. The summed E-state index contributed by atoms with van der Waals surface area (Å²) in [7, 11) is 0. The van der Waals surface area contributed by atoms with Gasteiger partial charge < -0.3 is 10.1 Å². The maximum absolute atomic E-state index is 11.9. The summed E-state index contributed by atoms with van der Waals surface area (Å²) < 4.78 is 5.59. The van der Waals surface area contributed by atoms with Gasteiger partial charge >= 0.3 is 6.03 Å². The quantitative estimate of drug-likeness (QED) is 0.680. The molecule has 2 heterocycles. The van der Waals surface area contributed by atoms with E-state index in [1.54, 1.807) is 0 Å². The third kappa shape index (κ3) is 4.59. The molecule has 0 bridgehead atoms. The first-order valence-corrected chi connectivity index (χ1v) is 9.46. The monoisotopic (exact) mass is 384 g/mol. The number of nitrogens with one attached hydrogen (secondary N) is 2. The molecule has 2 N–H and O–H groups in total. The minimum Gasteiger partial charge on any atom is -0.467 e. The molecule has 0 aliphatic carbocycles. The zero-order valence-corrected chi connectivity index (χ0v) is 15.9. The summed E-state index contributed by atoms with van der Waals surface area (Å²) in [5.74, 6) is -0.219. The van der Waals surface area contributed by atoms with Crippen molar-refractivity contribution >= 4 is 33.5 Å². The van der Waals surface area contributed by atoms with E-state index >= 15 is 0 Å². The molecule has 0 saturated heterocycles. The van der Waals surface area contributed by atoms with Crippen molar-refractivity contribution in [1.82, 2.24) is 20.6 Å². The Morgan fingerprint density at radius 2 is 1.96 bits per heavy atom. The molecule has 0 saturated carbocycles. The highest BCUT2D eigenvalue weighted by molar-refractivity contribution is 7.17. The number of amides is 3. The van der Waals surface area contributed by atoms with Crippen LogP contribution in [0, 0.1) is 6.92 Å². The first-order chi connectivity index (χ1) is 13.1. The van der Waals surface area contributed by atoms with Gasteiger partial charge in [-0.1, -0.05) is 36.8 Å². The first-order valence-electron chi connectivity index (χ1n) is 8.58. The second-order valence-corrected chi connectivity index (χ2v) is 6.83. The van der Waals surface area contributed by atoms with Gasteiger partial charge in [-0.25, -0.2) is 14.8 Å². The van der Waals surface area contributed by atoms with E-state index in [9.17, 15) is 9.59 Å².